The van der Waals surface area contributed by atoms with Gasteiger partial charge in [-0.1, -0.05) is 13.0 Å². The van der Waals surface area contributed by atoms with E-state index in [0.29, 0.717) is 5.92 Å². The molecule has 0 saturated carbocycles. The number of rotatable bonds is 6. The van der Waals surface area contributed by atoms with Crippen molar-refractivity contribution in [2.45, 2.75) is 19.8 Å². The third kappa shape index (κ3) is 7.50. The number of carboxylic acid groups (broad SMARTS) is 2. The highest BCUT2D eigenvalue weighted by Crippen LogP contribution is 2.04. The maximum Gasteiger partial charge on any atom is 0.335 e. The first-order valence-electron chi connectivity index (χ1n) is 6.20. The molecule has 0 aliphatic rings. The molecule has 4 N–H and O–H groups in total. The standard InChI is InChI=1S/C8H6O4.C6H14O2/c9-7(10)5-2-1-3-6(4-5)8(11)12;1-6(5-8)3-2-4-7/h1-4H,(H,9,10)(H,11,12);6-8H,2-5H2,1H3. The summed E-state index contributed by atoms with van der Waals surface area (Å²) in [4.78, 5) is 20.8. The van der Waals surface area contributed by atoms with Gasteiger partial charge in [-0.15, -0.1) is 0 Å². The first-order valence-corrected chi connectivity index (χ1v) is 6.20. The monoisotopic (exact) mass is 284 g/mol. The van der Waals surface area contributed by atoms with E-state index in [1.165, 1.54) is 18.2 Å². The van der Waals surface area contributed by atoms with E-state index in [-0.39, 0.29) is 24.3 Å². The van der Waals surface area contributed by atoms with Gasteiger partial charge in [0.1, 0.15) is 0 Å². The first kappa shape index (κ1) is 18.1. The van der Waals surface area contributed by atoms with Crippen LogP contribution in [0.15, 0.2) is 24.3 Å². The summed E-state index contributed by atoms with van der Waals surface area (Å²) in [7, 11) is 0. The van der Waals surface area contributed by atoms with Crippen LogP contribution in [0.25, 0.3) is 0 Å². The molecule has 0 saturated heterocycles. The molecule has 0 radical (unpaired) electrons. The Morgan fingerprint density at radius 2 is 1.60 bits per heavy atom. The molecule has 1 rings (SSSR count). The average Bonchev–Trinajstić information content (AvgIpc) is 2.45. The van der Waals surface area contributed by atoms with Crippen molar-refractivity contribution in [1.29, 1.82) is 0 Å². The Hall–Kier alpha value is -1.92. The molecule has 0 aromatic heterocycles. The Kier molecular flexibility index (Phi) is 8.98. The fourth-order valence-electron chi connectivity index (χ4n) is 1.32. The lowest BCUT2D eigenvalue weighted by atomic mass is 10.1. The molecule has 1 aromatic carbocycles. The van der Waals surface area contributed by atoms with Crippen molar-refractivity contribution in [3.05, 3.63) is 35.4 Å². The van der Waals surface area contributed by atoms with Crippen molar-refractivity contribution in [3.63, 3.8) is 0 Å². The van der Waals surface area contributed by atoms with Gasteiger partial charge in [-0.3, -0.25) is 0 Å². The van der Waals surface area contributed by atoms with Gasteiger partial charge in [-0.05, 0) is 37.0 Å². The zero-order valence-corrected chi connectivity index (χ0v) is 11.3. The molecule has 0 aliphatic carbocycles. The fourth-order valence-corrected chi connectivity index (χ4v) is 1.32. The molecule has 0 fully saturated rings. The highest BCUT2D eigenvalue weighted by atomic mass is 16.4. The van der Waals surface area contributed by atoms with E-state index in [4.69, 9.17) is 20.4 Å². The van der Waals surface area contributed by atoms with Gasteiger partial charge in [0.25, 0.3) is 0 Å². The minimum Gasteiger partial charge on any atom is -0.478 e. The first-order chi connectivity index (χ1) is 9.42. The van der Waals surface area contributed by atoms with Gasteiger partial charge in [0, 0.05) is 13.2 Å². The quantitative estimate of drug-likeness (QED) is 0.629. The molecule has 0 heterocycles. The van der Waals surface area contributed by atoms with Gasteiger partial charge in [0.15, 0.2) is 0 Å². The SMILES string of the molecule is CC(CO)CCCO.O=C(O)c1cccc(C(=O)O)c1. The summed E-state index contributed by atoms with van der Waals surface area (Å²) in [6.07, 6.45) is 1.73. The molecule has 6 heteroatoms. The van der Waals surface area contributed by atoms with Crippen molar-refractivity contribution in [1.82, 2.24) is 0 Å². The van der Waals surface area contributed by atoms with Crippen molar-refractivity contribution in [2.75, 3.05) is 13.2 Å². The molecule has 0 spiro atoms. The van der Waals surface area contributed by atoms with Crippen LogP contribution in [0.3, 0.4) is 0 Å². The summed E-state index contributed by atoms with van der Waals surface area (Å²) in [5.41, 5.74) is -0.0372. The second-order valence-corrected chi connectivity index (χ2v) is 4.34. The summed E-state index contributed by atoms with van der Waals surface area (Å²) in [6, 6.07) is 5.20. The molecule has 1 unspecified atom stereocenters. The van der Waals surface area contributed by atoms with Crippen LogP contribution in [0.5, 0.6) is 0 Å². The van der Waals surface area contributed by atoms with Gasteiger partial charge in [0.2, 0.25) is 0 Å². The zero-order chi connectivity index (χ0) is 15.5. The van der Waals surface area contributed by atoms with Crippen molar-refractivity contribution in [3.8, 4) is 0 Å². The molecule has 6 nitrogen and oxygen atoms in total. The predicted molar refractivity (Wildman–Crippen MR) is 72.9 cm³/mol. The van der Waals surface area contributed by atoms with Crippen molar-refractivity contribution in [2.24, 2.45) is 5.92 Å². The highest BCUT2D eigenvalue weighted by Gasteiger charge is 2.06. The van der Waals surface area contributed by atoms with Crippen LogP contribution >= 0.6 is 0 Å². The largest absolute Gasteiger partial charge is 0.478 e. The Bertz CT molecular complexity index is 400. The van der Waals surface area contributed by atoms with Gasteiger partial charge in [-0.2, -0.15) is 0 Å². The predicted octanol–water partition coefficient (Wildman–Crippen LogP) is 1.47. The van der Waals surface area contributed by atoms with Crippen LogP contribution in [-0.2, 0) is 0 Å². The van der Waals surface area contributed by atoms with E-state index >= 15 is 0 Å². The number of hydrogen-bond acceptors (Lipinski definition) is 4. The van der Waals surface area contributed by atoms with Crippen LogP contribution in [0.4, 0.5) is 0 Å². The van der Waals surface area contributed by atoms with E-state index in [2.05, 4.69) is 0 Å². The van der Waals surface area contributed by atoms with Gasteiger partial charge in [0.05, 0.1) is 11.1 Å². The zero-order valence-electron chi connectivity index (χ0n) is 11.3. The number of aliphatic hydroxyl groups is 2. The Morgan fingerprint density at radius 1 is 1.10 bits per heavy atom. The van der Waals surface area contributed by atoms with Crippen LogP contribution in [-0.4, -0.2) is 45.6 Å². The molecule has 1 atom stereocenters. The molecule has 1 aromatic rings. The third-order valence-corrected chi connectivity index (χ3v) is 2.52. The summed E-state index contributed by atoms with van der Waals surface area (Å²) < 4.78 is 0. The summed E-state index contributed by atoms with van der Waals surface area (Å²) >= 11 is 0. The molecule has 0 bridgehead atoms. The number of carboxylic acids is 2. The average molecular weight is 284 g/mol. The minimum atomic E-state index is -1.13. The summed E-state index contributed by atoms with van der Waals surface area (Å²) in [5, 5.41) is 33.8. The minimum absolute atomic E-state index is 0.0186. The van der Waals surface area contributed by atoms with Gasteiger partial charge >= 0.3 is 11.9 Å². The van der Waals surface area contributed by atoms with Crippen molar-refractivity contribution >= 4 is 11.9 Å². The van der Waals surface area contributed by atoms with Gasteiger partial charge in [-0.25, -0.2) is 9.59 Å². The number of hydrogen-bond donors (Lipinski definition) is 4. The van der Waals surface area contributed by atoms with E-state index in [1.807, 2.05) is 6.92 Å². The normalized spacial score (nSPS) is 11.2. The highest BCUT2D eigenvalue weighted by molar-refractivity contribution is 5.93. The van der Waals surface area contributed by atoms with E-state index in [1.54, 1.807) is 0 Å². The molecular weight excluding hydrogens is 264 g/mol. The third-order valence-electron chi connectivity index (χ3n) is 2.52. The second kappa shape index (κ2) is 9.94. The summed E-state index contributed by atoms with van der Waals surface area (Å²) in [5.74, 6) is -1.90. The van der Waals surface area contributed by atoms with Crippen LogP contribution in [0.2, 0.25) is 0 Å². The Morgan fingerprint density at radius 3 is 1.95 bits per heavy atom. The smallest absolute Gasteiger partial charge is 0.335 e. The number of carbonyl (C=O) groups is 2. The van der Waals surface area contributed by atoms with Crippen LogP contribution in [0.1, 0.15) is 40.5 Å². The van der Waals surface area contributed by atoms with E-state index in [9.17, 15) is 9.59 Å². The number of benzene rings is 1. The number of aliphatic hydroxyl groups excluding tert-OH is 2. The molecular formula is C14H20O6. The van der Waals surface area contributed by atoms with E-state index < -0.39 is 11.9 Å². The second-order valence-electron chi connectivity index (χ2n) is 4.34. The molecule has 0 amide bonds. The van der Waals surface area contributed by atoms with Crippen molar-refractivity contribution < 1.29 is 30.0 Å². The maximum atomic E-state index is 10.4. The number of aromatic carboxylic acids is 2. The maximum absolute atomic E-state index is 10.4. The summed E-state index contributed by atoms with van der Waals surface area (Å²) in [6.45, 7) is 2.44. The lowest BCUT2D eigenvalue weighted by molar-refractivity contribution is 0.0696. The molecule has 112 valence electrons. The topological polar surface area (TPSA) is 115 Å². The molecule has 20 heavy (non-hydrogen) atoms. The lowest BCUT2D eigenvalue weighted by Crippen LogP contribution is -2.01. The van der Waals surface area contributed by atoms with Crippen LogP contribution < -0.4 is 0 Å². The van der Waals surface area contributed by atoms with Gasteiger partial charge < -0.3 is 20.4 Å². The Balaban J connectivity index is 0.000000396. The fraction of sp³-hybridized carbons (Fsp3) is 0.429. The molecule has 0 aliphatic heterocycles. The lowest BCUT2D eigenvalue weighted by Gasteiger charge is -2.03. The van der Waals surface area contributed by atoms with E-state index in [0.717, 1.165) is 18.9 Å². The van der Waals surface area contributed by atoms with Crippen LogP contribution in [0, 0.1) is 5.92 Å². The Labute approximate surface area is 117 Å².